The Hall–Kier alpha value is -6.85. The Morgan fingerprint density at radius 2 is 1.35 bits per heavy atom. The van der Waals surface area contributed by atoms with Crippen molar-refractivity contribution < 1.29 is 14.6 Å². The number of carboxylic acid groups (broad SMARTS) is 1. The molecule has 4 aliphatic rings. The summed E-state index contributed by atoms with van der Waals surface area (Å²) in [6.45, 7) is 8.09. The van der Waals surface area contributed by atoms with E-state index in [0.717, 1.165) is 84.5 Å². The van der Waals surface area contributed by atoms with Gasteiger partial charge in [-0.1, -0.05) is 87.7 Å². The molecule has 8 aromatic rings. The summed E-state index contributed by atoms with van der Waals surface area (Å²) in [4.78, 5) is 11.4. The molecular formula is C54H69N13O3Si. The number of nitrogens with zero attached hydrogens (tertiary/aromatic N) is 11. The first-order valence-corrected chi connectivity index (χ1v) is 28.4. The second-order valence-corrected chi connectivity index (χ2v) is 26.4. The second-order valence-electron chi connectivity index (χ2n) is 20.8. The molecule has 2 aromatic carbocycles. The zero-order chi connectivity index (χ0) is 48.5. The molecule has 12 rings (SSSR count). The molecular weight excluding hydrogens is 907 g/mol. The molecule has 0 amide bonds. The van der Waals surface area contributed by atoms with Crippen LogP contribution in [0.2, 0.25) is 25.7 Å². The van der Waals surface area contributed by atoms with Gasteiger partial charge in [0.05, 0.1) is 36.2 Å². The predicted molar refractivity (Wildman–Crippen MR) is 277 cm³/mol. The van der Waals surface area contributed by atoms with E-state index in [0.29, 0.717) is 24.3 Å². The molecule has 6 aromatic heterocycles. The molecule has 0 bridgehead atoms. The van der Waals surface area contributed by atoms with Gasteiger partial charge >= 0.3 is 5.97 Å². The van der Waals surface area contributed by atoms with Crippen molar-refractivity contribution >= 4 is 19.7 Å². The Labute approximate surface area is 417 Å². The molecule has 17 heteroatoms. The summed E-state index contributed by atoms with van der Waals surface area (Å²) in [5, 5.41) is 39.3. The molecule has 0 saturated heterocycles. The van der Waals surface area contributed by atoms with E-state index in [-0.39, 0.29) is 25.2 Å². The molecule has 2 saturated carbocycles. The van der Waals surface area contributed by atoms with Crippen LogP contribution < -0.4 is 5.73 Å². The zero-order valence-electron chi connectivity index (χ0n) is 40.9. The highest BCUT2D eigenvalue weighted by Crippen LogP contribution is 2.56. The fraction of sp³-hybridized carbons (Fsp3) is 0.426. The maximum Gasteiger partial charge on any atom is 0.356 e. The summed E-state index contributed by atoms with van der Waals surface area (Å²) in [5.41, 5.74) is 18.8. The molecule has 6 heterocycles. The third kappa shape index (κ3) is 11.2. The van der Waals surface area contributed by atoms with E-state index in [1.165, 1.54) is 47.3 Å². The van der Waals surface area contributed by atoms with Crippen molar-refractivity contribution in [3.63, 3.8) is 0 Å². The number of ether oxygens (including phenoxy) is 1. The van der Waals surface area contributed by atoms with Crippen LogP contribution in [0, 0.1) is 11.8 Å². The monoisotopic (exact) mass is 976 g/mol. The summed E-state index contributed by atoms with van der Waals surface area (Å²) >= 11 is 0. The molecule has 0 aliphatic heterocycles. The average Bonchev–Trinajstić information content (AvgIpc) is 3.71. The molecule has 4 aliphatic carbocycles. The van der Waals surface area contributed by atoms with E-state index in [1.54, 1.807) is 15.6 Å². The molecule has 6 unspecified atom stereocenters. The molecule has 16 nitrogen and oxygen atoms in total. The Kier molecular flexibility index (Phi) is 14.4. The van der Waals surface area contributed by atoms with Gasteiger partial charge in [0.1, 0.15) is 18.8 Å². The van der Waals surface area contributed by atoms with Crippen molar-refractivity contribution in [1.29, 1.82) is 0 Å². The maximum absolute atomic E-state index is 11.4. The van der Waals surface area contributed by atoms with E-state index in [1.807, 2.05) is 78.7 Å². The number of hydrogen-bond acceptors (Lipinski definition) is 9. The molecule has 0 radical (unpaired) electrons. The number of hydrogen-bond donors (Lipinski definition) is 3. The Morgan fingerprint density at radius 1 is 0.761 bits per heavy atom. The van der Waals surface area contributed by atoms with Gasteiger partial charge < -0.3 is 15.6 Å². The van der Waals surface area contributed by atoms with Crippen LogP contribution in [0.4, 0.5) is 5.69 Å². The van der Waals surface area contributed by atoms with Crippen LogP contribution in [0.3, 0.4) is 0 Å². The lowest BCUT2D eigenvalue weighted by molar-refractivity contribution is 0.0668. The minimum absolute atomic E-state index is 0. The van der Waals surface area contributed by atoms with Gasteiger partial charge in [-0.15, -0.1) is 0 Å². The highest BCUT2D eigenvalue weighted by molar-refractivity contribution is 6.76. The highest BCUT2D eigenvalue weighted by Gasteiger charge is 2.47. The van der Waals surface area contributed by atoms with Crippen molar-refractivity contribution in [3.05, 3.63) is 172 Å². The first kappa shape index (κ1) is 49.1. The van der Waals surface area contributed by atoms with Gasteiger partial charge in [-0.2, -0.15) is 30.6 Å². The SMILES string of the molecule is C.C[Si](C)(C)CCOCn1nc(C(=O)O)c2c1CCC1CC21.Cn1cc(C(c2ccccc2)n2cc(CCc3n[nH]c4c3C3CC3CC4)cn2)cn1.Cn1cc(C(c2ccccc2)n2cc(N)cn2)cn1. The van der Waals surface area contributed by atoms with Gasteiger partial charge in [0.2, 0.25) is 0 Å². The number of nitrogen functional groups attached to an aromatic ring is 1. The van der Waals surface area contributed by atoms with Gasteiger partial charge in [-0.05, 0) is 103 Å². The average molecular weight is 976 g/mol. The summed E-state index contributed by atoms with van der Waals surface area (Å²) in [6.07, 6.45) is 24.6. The van der Waals surface area contributed by atoms with Crippen molar-refractivity contribution in [3.8, 4) is 0 Å². The fourth-order valence-corrected chi connectivity index (χ4v) is 11.3. The van der Waals surface area contributed by atoms with Crippen LogP contribution in [-0.4, -0.2) is 84.9 Å². The maximum atomic E-state index is 11.4. The van der Waals surface area contributed by atoms with Gasteiger partial charge in [0.25, 0.3) is 0 Å². The zero-order valence-corrected chi connectivity index (χ0v) is 41.9. The van der Waals surface area contributed by atoms with Crippen molar-refractivity contribution in [2.24, 2.45) is 25.9 Å². The Bertz CT molecular complexity index is 2990. The van der Waals surface area contributed by atoms with Crippen LogP contribution in [0.1, 0.15) is 124 Å². The van der Waals surface area contributed by atoms with Gasteiger partial charge in [-0.3, -0.25) is 23.8 Å². The van der Waals surface area contributed by atoms with Gasteiger partial charge in [-0.25, -0.2) is 9.48 Å². The summed E-state index contributed by atoms with van der Waals surface area (Å²) in [5.74, 6) is 1.93. The van der Waals surface area contributed by atoms with Crippen molar-refractivity contribution in [1.82, 2.24) is 59.1 Å². The number of aromatic amines is 1. The lowest BCUT2D eigenvalue weighted by Crippen LogP contribution is -2.22. The number of H-pyrrole nitrogens is 1. The molecule has 372 valence electrons. The standard InChI is InChI=1S/C24H26N6.C15H24N2O3Si.C14H15N5.CH4/c1-29-15-19(13-25-29)24(17-5-3-2-4-6-17)30-14-16(12-26-30)7-9-21-23-20-11-18(20)8-10-22(23)28-27-21;1-21(2,3)7-6-20-9-17-12-5-4-10-8-11(10)13(12)14(16-17)15(18)19;1-18-9-12(7-16-18)14(11-5-3-2-4-6-11)19-10-13(15)8-17-19;/h2-6,12-15,18,20,24H,7-11H2,1H3,(H,27,28);10-11H,4-9H2,1-3H3,(H,18,19);2-10,14H,15H2,1H3;1H4. The van der Waals surface area contributed by atoms with Crippen LogP contribution in [0.15, 0.2) is 110 Å². The summed E-state index contributed by atoms with van der Waals surface area (Å²) in [7, 11) is 2.77. The number of anilines is 1. The topological polar surface area (TPSA) is 190 Å². The van der Waals surface area contributed by atoms with E-state index < -0.39 is 14.0 Å². The van der Waals surface area contributed by atoms with Gasteiger partial charge in [0.15, 0.2) is 5.69 Å². The molecule has 4 N–H and O–H groups in total. The fourth-order valence-electron chi connectivity index (χ4n) is 10.5. The molecule has 71 heavy (non-hydrogen) atoms. The lowest BCUT2D eigenvalue weighted by Gasteiger charge is -2.17. The number of aromatic carboxylic acids is 1. The number of nitrogens with one attached hydrogen (secondary N) is 1. The normalized spacial score (nSPS) is 19.0. The van der Waals surface area contributed by atoms with Crippen LogP contribution >= 0.6 is 0 Å². The number of carbonyl (C=O) groups is 1. The Morgan fingerprint density at radius 3 is 1.92 bits per heavy atom. The van der Waals surface area contributed by atoms with E-state index in [2.05, 4.69) is 104 Å². The molecule has 6 atom stereocenters. The number of fused-ring (bicyclic) bond motifs is 6. The third-order valence-electron chi connectivity index (χ3n) is 14.3. The quantitative estimate of drug-likeness (QED) is 0.0660. The highest BCUT2D eigenvalue weighted by atomic mass is 28.3. The van der Waals surface area contributed by atoms with Gasteiger partial charge in [0, 0.05) is 81.6 Å². The minimum atomic E-state index is -1.09. The Balaban J connectivity index is 0.000000136. The van der Waals surface area contributed by atoms with Crippen LogP contribution in [0.25, 0.3) is 0 Å². The van der Waals surface area contributed by atoms with Crippen LogP contribution in [0.5, 0.6) is 0 Å². The van der Waals surface area contributed by atoms with E-state index in [4.69, 9.17) is 15.6 Å². The number of nitrogens with two attached hydrogens (primary N) is 1. The molecule has 2 fully saturated rings. The number of aryl methyl sites for hydroxylation is 5. The van der Waals surface area contributed by atoms with E-state index in [9.17, 15) is 9.90 Å². The first-order valence-electron chi connectivity index (χ1n) is 24.7. The molecule has 0 spiro atoms. The third-order valence-corrected chi connectivity index (χ3v) is 16.0. The summed E-state index contributed by atoms with van der Waals surface area (Å²) < 4.78 is 15.1. The number of benzene rings is 2. The number of carboxylic acids is 1. The van der Waals surface area contributed by atoms with Crippen molar-refractivity contribution in [2.45, 2.75) is 115 Å². The lowest BCUT2D eigenvalue weighted by atomic mass is 9.94. The number of aromatic nitrogens is 12. The smallest absolute Gasteiger partial charge is 0.356 e. The van der Waals surface area contributed by atoms with Crippen LogP contribution in [-0.2, 0) is 51.2 Å². The number of rotatable bonds is 15. The minimum Gasteiger partial charge on any atom is -0.476 e. The van der Waals surface area contributed by atoms with Crippen molar-refractivity contribution in [2.75, 3.05) is 12.3 Å². The first-order chi connectivity index (χ1) is 33.9. The largest absolute Gasteiger partial charge is 0.476 e. The predicted octanol–water partition coefficient (Wildman–Crippen LogP) is 9.23. The second kappa shape index (κ2) is 20.9. The summed E-state index contributed by atoms with van der Waals surface area (Å²) in [6, 6.07) is 21.8. The van der Waals surface area contributed by atoms with E-state index >= 15 is 0 Å².